The van der Waals surface area contributed by atoms with E-state index in [9.17, 15) is 0 Å². The van der Waals surface area contributed by atoms with Crippen molar-refractivity contribution in [1.29, 1.82) is 0 Å². The van der Waals surface area contributed by atoms with Crippen LogP contribution in [0.2, 0.25) is 0 Å². The molecule has 1 unspecified atom stereocenters. The molecule has 0 aliphatic carbocycles. The molecule has 2 bridgehead atoms. The van der Waals surface area contributed by atoms with Crippen LogP contribution in [0.1, 0.15) is 5.56 Å². The Kier molecular flexibility index (Phi) is 6.66. The number of fused-ring (bicyclic) bond motifs is 3. The Morgan fingerprint density at radius 2 is 2.13 bits per heavy atom. The predicted octanol–water partition coefficient (Wildman–Crippen LogP) is 0.0451. The van der Waals surface area contributed by atoms with E-state index in [1.54, 1.807) is 0 Å². The molecule has 4 heterocycles. The first kappa shape index (κ1) is 18.5. The zero-order valence-electron chi connectivity index (χ0n) is 14.3. The van der Waals surface area contributed by atoms with Crippen LogP contribution in [0.5, 0.6) is 0 Å². The van der Waals surface area contributed by atoms with Crippen LogP contribution in [0.25, 0.3) is 0 Å². The maximum Gasteiger partial charge on any atom is 0.193 e. The molecule has 0 radical (unpaired) electrons. The van der Waals surface area contributed by atoms with Crippen LogP contribution in [0.15, 0.2) is 17.4 Å². The van der Waals surface area contributed by atoms with Crippen LogP contribution in [-0.4, -0.2) is 89.8 Å². The fourth-order valence-electron chi connectivity index (χ4n) is 3.41. The lowest BCUT2D eigenvalue weighted by Gasteiger charge is -2.47. The van der Waals surface area contributed by atoms with Gasteiger partial charge < -0.3 is 10.2 Å². The summed E-state index contributed by atoms with van der Waals surface area (Å²) in [5.41, 5.74) is 1.19. The second kappa shape index (κ2) is 8.29. The minimum Gasteiger partial charge on any atom is -0.355 e. The summed E-state index contributed by atoms with van der Waals surface area (Å²) in [5.74, 6) is 0.946. The highest BCUT2D eigenvalue weighted by molar-refractivity contribution is 14.0. The Morgan fingerprint density at radius 1 is 1.39 bits per heavy atom. The molecule has 3 fully saturated rings. The molecule has 0 amide bonds. The van der Waals surface area contributed by atoms with E-state index < -0.39 is 0 Å². The number of halogens is 1. The number of guanidine groups is 1. The molecule has 1 aromatic rings. The van der Waals surface area contributed by atoms with Gasteiger partial charge in [0.1, 0.15) is 0 Å². The summed E-state index contributed by atoms with van der Waals surface area (Å²) in [5, 5.41) is 7.75. The zero-order chi connectivity index (χ0) is 15.5. The Morgan fingerprint density at radius 3 is 2.65 bits per heavy atom. The van der Waals surface area contributed by atoms with E-state index in [-0.39, 0.29) is 24.0 Å². The maximum atomic E-state index is 4.41. The van der Waals surface area contributed by atoms with E-state index in [1.165, 1.54) is 38.3 Å². The second-order valence-electron chi connectivity index (χ2n) is 6.30. The molecular formula is C15H28IN7. The Balaban J connectivity index is 0.00000192. The highest BCUT2D eigenvalue weighted by Gasteiger charge is 2.31. The van der Waals surface area contributed by atoms with Gasteiger partial charge in [-0.2, -0.15) is 5.10 Å². The quantitative estimate of drug-likeness (QED) is 0.413. The first-order valence-electron chi connectivity index (χ1n) is 8.01. The van der Waals surface area contributed by atoms with Gasteiger partial charge in [-0.15, -0.1) is 24.0 Å². The predicted molar refractivity (Wildman–Crippen MR) is 103 cm³/mol. The Labute approximate surface area is 155 Å². The lowest BCUT2D eigenvalue weighted by molar-refractivity contribution is 0.0152. The van der Waals surface area contributed by atoms with E-state index in [2.05, 4.69) is 37.2 Å². The van der Waals surface area contributed by atoms with Crippen molar-refractivity contribution < 1.29 is 0 Å². The van der Waals surface area contributed by atoms with Crippen LogP contribution in [0.3, 0.4) is 0 Å². The molecule has 0 aromatic carbocycles. The molecule has 3 saturated heterocycles. The molecule has 130 valence electrons. The summed E-state index contributed by atoms with van der Waals surface area (Å²) in [7, 11) is 5.86. The number of rotatable bonds is 4. The van der Waals surface area contributed by atoms with Gasteiger partial charge in [0.2, 0.25) is 0 Å². The number of aromatic nitrogens is 2. The number of nitrogens with one attached hydrogen (secondary N) is 1. The van der Waals surface area contributed by atoms with Gasteiger partial charge >= 0.3 is 0 Å². The smallest absolute Gasteiger partial charge is 0.193 e. The van der Waals surface area contributed by atoms with Gasteiger partial charge in [-0.05, 0) is 0 Å². The molecule has 1 N–H and O–H groups in total. The third kappa shape index (κ3) is 4.57. The summed E-state index contributed by atoms with van der Waals surface area (Å²) in [6, 6.07) is 0.603. The van der Waals surface area contributed by atoms with Gasteiger partial charge in [0, 0.05) is 84.8 Å². The number of hydrogen-bond acceptors (Lipinski definition) is 4. The van der Waals surface area contributed by atoms with Crippen molar-refractivity contribution >= 4 is 29.9 Å². The van der Waals surface area contributed by atoms with E-state index in [4.69, 9.17) is 0 Å². The van der Waals surface area contributed by atoms with Gasteiger partial charge in [0.05, 0.1) is 6.20 Å². The van der Waals surface area contributed by atoms with Gasteiger partial charge in [0.15, 0.2) is 5.96 Å². The molecule has 3 aliphatic heterocycles. The van der Waals surface area contributed by atoms with Crippen molar-refractivity contribution in [2.75, 3.05) is 53.4 Å². The molecule has 0 spiro atoms. The first-order chi connectivity index (χ1) is 10.7. The summed E-state index contributed by atoms with van der Waals surface area (Å²) < 4.78 is 1.83. The van der Waals surface area contributed by atoms with Crippen molar-refractivity contribution in [3.8, 4) is 0 Å². The molecule has 1 aromatic heterocycles. The number of piperazine rings is 3. The summed E-state index contributed by atoms with van der Waals surface area (Å²) in [6.45, 7) is 7.82. The second-order valence-corrected chi connectivity index (χ2v) is 6.30. The Bertz CT molecular complexity index is 522. The minimum absolute atomic E-state index is 0. The normalized spacial score (nSPS) is 26.7. The topological polar surface area (TPSA) is 51.9 Å². The van der Waals surface area contributed by atoms with E-state index in [0.29, 0.717) is 6.04 Å². The van der Waals surface area contributed by atoms with E-state index in [0.717, 1.165) is 19.0 Å². The fourth-order valence-corrected chi connectivity index (χ4v) is 3.41. The van der Waals surface area contributed by atoms with Crippen LogP contribution in [-0.2, 0) is 13.6 Å². The van der Waals surface area contributed by atoms with Crippen LogP contribution >= 0.6 is 24.0 Å². The largest absolute Gasteiger partial charge is 0.355 e. The molecule has 7 nitrogen and oxygen atoms in total. The van der Waals surface area contributed by atoms with Gasteiger partial charge in [-0.25, -0.2) is 0 Å². The molecular weight excluding hydrogens is 405 g/mol. The zero-order valence-corrected chi connectivity index (χ0v) is 16.6. The molecule has 8 heteroatoms. The van der Waals surface area contributed by atoms with Crippen LogP contribution < -0.4 is 5.32 Å². The summed E-state index contributed by atoms with van der Waals surface area (Å²) >= 11 is 0. The van der Waals surface area contributed by atoms with Gasteiger partial charge in [-0.1, -0.05) is 0 Å². The van der Waals surface area contributed by atoms with Crippen LogP contribution in [0, 0.1) is 0 Å². The number of nitrogens with zero attached hydrogens (tertiary/aromatic N) is 6. The monoisotopic (exact) mass is 433 g/mol. The van der Waals surface area contributed by atoms with Gasteiger partial charge in [-0.3, -0.25) is 19.5 Å². The first-order valence-corrected chi connectivity index (χ1v) is 8.01. The third-order valence-electron chi connectivity index (χ3n) is 4.64. The third-order valence-corrected chi connectivity index (χ3v) is 4.64. The van der Waals surface area contributed by atoms with Crippen molar-refractivity contribution in [2.24, 2.45) is 12.0 Å². The summed E-state index contributed by atoms with van der Waals surface area (Å²) in [6.07, 6.45) is 3.95. The average Bonchev–Trinajstić information content (AvgIpc) is 2.94. The minimum atomic E-state index is 0. The van der Waals surface area contributed by atoms with E-state index in [1.807, 2.05) is 31.2 Å². The molecule has 1 atom stereocenters. The Hall–Kier alpha value is -0.870. The lowest BCUT2D eigenvalue weighted by atomic mass is 10.1. The highest BCUT2D eigenvalue weighted by atomic mass is 127. The van der Waals surface area contributed by atoms with Crippen LogP contribution in [0.4, 0.5) is 0 Å². The maximum absolute atomic E-state index is 4.41. The van der Waals surface area contributed by atoms with E-state index >= 15 is 0 Å². The van der Waals surface area contributed by atoms with Crippen molar-refractivity contribution in [2.45, 2.75) is 12.6 Å². The van der Waals surface area contributed by atoms with Gasteiger partial charge in [0.25, 0.3) is 0 Å². The number of aliphatic imine (C=N–C) groups is 1. The van der Waals surface area contributed by atoms with Crippen molar-refractivity contribution in [3.63, 3.8) is 0 Å². The fraction of sp³-hybridized carbons (Fsp3) is 0.733. The highest BCUT2D eigenvalue weighted by Crippen LogP contribution is 2.14. The molecule has 0 saturated carbocycles. The average molecular weight is 433 g/mol. The number of hydrogen-bond donors (Lipinski definition) is 1. The molecule has 3 aliphatic rings. The lowest BCUT2D eigenvalue weighted by Crippen LogP contribution is -2.63. The van der Waals surface area contributed by atoms with Crippen molar-refractivity contribution in [3.05, 3.63) is 18.0 Å². The number of aryl methyl sites for hydroxylation is 1. The SMILES string of the molecule is CN=C(NCC1CN2CCN1CC2)N(C)Cc1cnn(C)c1.I. The molecule has 4 rings (SSSR count). The standard InChI is InChI=1S/C15H27N7.HI/c1-16-15(19(2)10-13-8-18-20(3)11-13)17-9-14-12-21-4-6-22(14)7-5-21;/h8,11,14H,4-7,9-10,12H2,1-3H3,(H,16,17);1H. The van der Waals surface area contributed by atoms with Crippen molar-refractivity contribution in [1.82, 2.24) is 29.8 Å². The summed E-state index contributed by atoms with van der Waals surface area (Å²) in [4.78, 5) is 11.7. The molecule has 23 heavy (non-hydrogen) atoms.